The number of benzene rings is 1. The van der Waals surface area contributed by atoms with Crippen molar-refractivity contribution in [2.45, 2.75) is 58.2 Å². The van der Waals surface area contributed by atoms with E-state index in [1.807, 2.05) is 6.92 Å². The van der Waals surface area contributed by atoms with Crippen LogP contribution < -0.4 is 15.6 Å². The number of aromatic nitrogens is 1. The second-order valence-corrected chi connectivity index (χ2v) is 10.2. The number of nitrogens with one attached hydrogen (secondary N) is 1. The van der Waals surface area contributed by atoms with Crippen molar-refractivity contribution in [2.75, 3.05) is 18.0 Å². The Labute approximate surface area is 195 Å². The van der Waals surface area contributed by atoms with Gasteiger partial charge >= 0.3 is 12.1 Å². The van der Waals surface area contributed by atoms with Gasteiger partial charge in [-0.3, -0.25) is 4.79 Å². The van der Waals surface area contributed by atoms with E-state index in [9.17, 15) is 19.5 Å². The minimum Gasteiger partial charge on any atom is -0.477 e. The number of amides is 1. The van der Waals surface area contributed by atoms with Crippen LogP contribution in [-0.2, 0) is 4.74 Å². The monoisotopic (exact) mass is 479 g/mol. The molecular weight excluding hydrogens is 453 g/mol. The molecule has 2 atom stereocenters. The highest BCUT2D eigenvalue weighted by molar-refractivity contribution is 6.38. The number of hydrogen-bond acceptors (Lipinski definition) is 5. The lowest BCUT2D eigenvalue weighted by molar-refractivity contribution is 0.0499. The van der Waals surface area contributed by atoms with Crippen LogP contribution in [0.15, 0.2) is 17.1 Å². The number of carboxylic acid groups (broad SMARTS) is 1. The average molecular weight is 480 g/mol. The number of carbonyl (C=O) groups is 2. The van der Waals surface area contributed by atoms with Crippen molar-refractivity contribution in [3.8, 4) is 0 Å². The van der Waals surface area contributed by atoms with Crippen molar-refractivity contribution in [1.82, 2.24) is 9.88 Å². The molecule has 0 unspecified atom stereocenters. The number of halogens is 2. The molecule has 1 saturated heterocycles. The summed E-state index contributed by atoms with van der Waals surface area (Å²) in [6.45, 7) is 8.00. The van der Waals surface area contributed by atoms with E-state index in [2.05, 4.69) is 5.32 Å². The maximum Gasteiger partial charge on any atom is 0.407 e. The second kappa shape index (κ2) is 8.20. The first-order valence-electron chi connectivity index (χ1n) is 10.9. The van der Waals surface area contributed by atoms with Crippen molar-refractivity contribution in [2.24, 2.45) is 5.92 Å². The zero-order valence-electron chi connectivity index (χ0n) is 18.9. The number of pyridine rings is 1. The Bertz CT molecular complexity index is 1200. The van der Waals surface area contributed by atoms with E-state index in [0.29, 0.717) is 18.6 Å². The largest absolute Gasteiger partial charge is 0.477 e. The minimum absolute atomic E-state index is 0.0105. The third-order valence-corrected chi connectivity index (χ3v) is 6.34. The molecule has 2 N–H and O–H groups in total. The number of anilines is 1. The average Bonchev–Trinajstić information content (AvgIpc) is 3.45. The zero-order chi connectivity index (χ0) is 24.2. The van der Waals surface area contributed by atoms with E-state index in [0.717, 1.165) is 18.9 Å². The number of aromatic carboxylic acids is 1. The number of nitrogens with zero attached hydrogens (tertiary/aromatic N) is 2. The number of carboxylic acids is 1. The highest BCUT2D eigenvalue weighted by Gasteiger charge is 2.36. The predicted octanol–water partition coefficient (Wildman–Crippen LogP) is 4.18. The van der Waals surface area contributed by atoms with Gasteiger partial charge in [-0.15, -0.1) is 0 Å². The molecule has 1 aromatic heterocycles. The number of carbonyl (C=O) groups excluding carboxylic acids is 1. The smallest absolute Gasteiger partial charge is 0.407 e. The third kappa shape index (κ3) is 4.51. The Balaban J connectivity index is 1.73. The Morgan fingerprint density at radius 3 is 2.52 bits per heavy atom. The predicted molar refractivity (Wildman–Crippen MR) is 123 cm³/mol. The van der Waals surface area contributed by atoms with Gasteiger partial charge < -0.3 is 24.6 Å². The maximum atomic E-state index is 15.3. The molecule has 4 rings (SSSR count). The zero-order valence-corrected chi connectivity index (χ0v) is 19.7. The van der Waals surface area contributed by atoms with Gasteiger partial charge in [0.05, 0.1) is 27.7 Å². The van der Waals surface area contributed by atoms with Crippen LogP contribution >= 0.6 is 11.6 Å². The van der Waals surface area contributed by atoms with E-state index in [4.69, 9.17) is 16.3 Å². The molecule has 2 heterocycles. The fraction of sp³-hybridized carbons (Fsp3) is 0.522. The van der Waals surface area contributed by atoms with Crippen LogP contribution in [0.2, 0.25) is 5.02 Å². The lowest BCUT2D eigenvalue weighted by Gasteiger charge is -2.24. The lowest BCUT2D eigenvalue weighted by atomic mass is 10.1. The summed E-state index contributed by atoms with van der Waals surface area (Å²) in [6, 6.07) is 0.802. The molecule has 2 fully saturated rings. The molecule has 0 spiro atoms. The first kappa shape index (κ1) is 23.4. The molecule has 1 aromatic carbocycles. The van der Waals surface area contributed by atoms with Crippen LogP contribution in [0.4, 0.5) is 14.9 Å². The van der Waals surface area contributed by atoms with Gasteiger partial charge in [0.1, 0.15) is 17.0 Å². The molecule has 8 nitrogen and oxygen atoms in total. The Kier molecular flexibility index (Phi) is 5.80. The number of alkyl carbamates (subject to hydrolysis) is 1. The first-order chi connectivity index (χ1) is 15.4. The van der Waals surface area contributed by atoms with E-state index in [1.54, 1.807) is 30.2 Å². The van der Waals surface area contributed by atoms with Gasteiger partial charge in [-0.2, -0.15) is 0 Å². The molecule has 1 aliphatic carbocycles. The van der Waals surface area contributed by atoms with Gasteiger partial charge in [-0.1, -0.05) is 18.5 Å². The van der Waals surface area contributed by atoms with Gasteiger partial charge in [0.15, 0.2) is 0 Å². The van der Waals surface area contributed by atoms with Crippen molar-refractivity contribution in [1.29, 1.82) is 0 Å². The molecule has 2 aromatic rings. The summed E-state index contributed by atoms with van der Waals surface area (Å²) in [4.78, 5) is 38.3. The van der Waals surface area contributed by atoms with E-state index in [-0.39, 0.29) is 34.1 Å². The summed E-state index contributed by atoms with van der Waals surface area (Å²) < 4.78 is 22.3. The topological polar surface area (TPSA) is 101 Å². The summed E-state index contributed by atoms with van der Waals surface area (Å²) in [7, 11) is 0. The maximum absolute atomic E-state index is 15.3. The summed E-state index contributed by atoms with van der Waals surface area (Å²) >= 11 is 6.70. The van der Waals surface area contributed by atoms with Crippen molar-refractivity contribution in [3.63, 3.8) is 0 Å². The van der Waals surface area contributed by atoms with Gasteiger partial charge in [-0.05, 0) is 45.6 Å². The Morgan fingerprint density at radius 1 is 1.27 bits per heavy atom. The summed E-state index contributed by atoms with van der Waals surface area (Å²) in [5, 5.41) is 12.3. The van der Waals surface area contributed by atoms with Crippen LogP contribution in [0.5, 0.6) is 0 Å². The van der Waals surface area contributed by atoms with E-state index >= 15 is 4.39 Å². The van der Waals surface area contributed by atoms with E-state index < -0.39 is 34.5 Å². The van der Waals surface area contributed by atoms with Crippen LogP contribution in [0, 0.1) is 11.7 Å². The van der Waals surface area contributed by atoms with Crippen LogP contribution in [0.3, 0.4) is 0 Å². The quantitative estimate of drug-likeness (QED) is 0.682. The molecule has 2 aliphatic rings. The van der Waals surface area contributed by atoms with Crippen molar-refractivity contribution >= 4 is 40.3 Å². The molecule has 0 bridgehead atoms. The molecule has 1 saturated carbocycles. The normalized spacial score (nSPS) is 20.8. The molecule has 1 amide bonds. The van der Waals surface area contributed by atoms with Gasteiger partial charge in [0.2, 0.25) is 5.43 Å². The SMILES string of the molecule is C[C@@H]1CN(c2c(F)cc3c(=O)c(C(=O)O)cn(C4CC4)c3c2Cl)C[C@H]1NC(=O)OC(C)(C)C. The fourth-order valence-electron chi connectivity index (χ4n) is 4.31. The van der Waals surface area contributed by atoms with Gasteiger partial charge in [0, 0.05) is 25.3 Å². The highest BCUT2D eigenvalue weighted by Crippen LogP contribution is 2.43. The lowest BCUT2D eigenvalue weighted by Crippen LogP contribution is -2.42. The molecule has 1 aliphatic heterocycles. The molecule has 10 heteroatoms. The van der Waals surface area contributed by atoms with Crippen molar-refractivity contribution in [3.05, 3.63) is 38.9 Å². The number of ether oxygens (including phenoxy) is 1. The number of hydrogen-bond donors (Lipinski definition) is 2. The Morgan fingerprint density at radius 2 is 1.94 bits per heavy atom. The second-order valence-electron chi connectivity index (χ2n) is 9.87. The molecule has 0 radical (unpaired) electrons. The number of fused-ring (bicyclic) bond motifs is 1. The number of rotatable bonds is 4. The van der Waals surface area contributed by atoms with Crippen LogP contribution in [0.1, 0.15) is 56.9 Å². The molecule has 33 heavy (non-hydrogen) atoms. The van der Waals surface area contributed by atoms with Gasteiger partial charge in [0.25, 0.3) is 0 Å². The van der Waals surface area contributed by atoms with Crippen molar-refractivity contribution < 1.29 is 23.8 Å². The standard InChI is InChI=1S/C23H27ClFN3O5/c1-11-8-27(10-16(11)26-22(32)33-23(2,3)4)19-15(25)7-13-18(17(19)24)28(12-5-6-12)9-14(20(13)29)21(30)31/h7,9,11-12,16H,5-6,8,10H2,1-4H3,(H,26,32)(H,30,31)/t11-,16-/m1/s1. The van der Waals surface area contributed by atoms with E-state index in [1.165, 1.54) is 6.20 Å². The summed E-state index contributed by atoms with van der Waals surface area (Å²) in [5.74, 6) is -2.08. The van der Waals surface area contributed by atoms with Crippen LogP contribution in [-0.4, -0.2) is 46.5 Å². The Hall–Kier alpha value is -2.81. The highest BCUT2D eigenvalue weighted by atomic mass is 35.5. The summed E-state index contributed by atoms with van der Waals surface area (Å²) in [6.07, 6.45) is 2.40. The molecular formula is C23H27ClFN3O5. The summed E-state index contributed by atoms with van der Waals surface area (Å²) in [5.41, 5.74) is -1.33. The third-order valence-electron chi connectivity index (χ3n) is 5.99. The first-order valence-corrected chi connectivity index (χ1v) is 11.3. The fourth-order valence-corrected chi connectivity index (χ4v) is 4.72. The van der Waals surface area contributed by atoms with Crippen LogP contribution in [0.25, 0.3) is 10.9 Å². The van der Waals surface area contributed by atoms with Gasteiger partial charge in [-0.25, -0.2) is 14.0 Å². The minimum atomic E-state index is -1.36. The molecule has 178 valence electrons.